The predicted octanol–water partition coefficient (Wildman–Crippen LogP) is 2.98. The molecule has 0 saturated carbocycles. The predicted molar refractivity (Wildman–Crippen MR) is 99.7 cm³/mol. The number of nitrogens with one attached hydrogen (secondary N) is 2. The maximum atomic E-state index is 12.2. The lowest BCUT2D eigenvalue weighted by Gasteiger charge is -2.23. The minimum Gasteiger partial charge on any atom is -0.489 e. The summed E-state index contributed by atoms with van der Waals surface area (Å²) in [4.78, 5) is 12.2. The van der Waals surface area contributed by atoms with E-state index < -0.39 is 0 Å². The second-order valence-corrected chi connectivity index (χ2v) is 6.63. The van der Waals surface area contributed by atoms with Crippen LogP contribution in [0.4, 0.5) is 0 Å². The van der Waals surface area contributed by atoms with Crippen molar-refractivity contribution in [3.63, 3.8) is 0 Å². The maximum Gasteiger partial charge on any atom is 0.224 e. The number of benzene rings is 2. The van der Waals surface area contributed by atoms with Gasteiger partial charge in [-0.05, 0) is 61.7 Å². The quantitative estimate of drug-likeness (QED) is 0.851. The van der Waals surface area contributed by atoms with Crippen LogP contribution in [0.25, 0.3) is 0 Å². The Labute approximate surface area is 149 Å². The first-order chi connectivity index (χ1) is 12.2. The van der Waals surface area contributed by atoms with E-state index in [0.717, 1.165) is 37.2 Å². The van der Waals surface area contributed by atoms with Gasteiger partial charge in [0, 0.05) is 6.04 Å². The summed E-state index contributed by atoms with van der Waals surface area (Å²) in [5, 5.41) is 6.44. The minimum atomic E-state index is 0.0861. The first-order valence-corrected chi connectivity index (χ1v) is 8.97. The minimum absolute atomic E-state index is 0.0861. The molecule has 1 aliphatic heterocycles. The van der Waals surface area contributed by atoms with Crippen LogP contribution in [0.5, 0.6) is 5.75 Å². The van der Waals surface area contributed by atoms with Crippen molar-refractivity contribution in [1.29, 1.82) is 0 Å². The van der Waals surface area contributed by atoms with Crippen LogP contribution in [-0.4, -0.2) is 25.0 Å². The molecule has 25 heavy (non-hydrogen) atoms. The number of rotatable bonds is 6. The zero-order valence-corrected chi connectivity index (χ0v) is 14.8. The molecule has 0 aliphatic carbocycles. The zero-order chi connectivity index (χ0) is 17.5. The smallest absolute Gasteiger partial charge is 0.224 e. The second-order valence-electron chi connectivity index (χ2n) is 6.63. The second kappa shape index (κ2) is 8.67. The number of carbonyl (C=O) groups is 1. The normalized spacial score (nSPS) is 14.9. The molecule has 4 nitrogen and oxygen atoms in total. The Bertz CT molecular complexity index is 709. The van der Waals surface area contributed by atoms with Crippen LogP contribution in [0.3, 0.4) is 0 Å². The highest BCUT2D eigenvalue weighted by molar-refractivity contribution is 5.79. The summed E-state index contributed by atoms with van der Waals surface area (Å²) in [5.41, 5.74) is 3.38. The van der Waals surface area contributed by atoms with E-state index in [2.05, 4.69) is 29.7 Å². The van der Waals surface area contributed by atoms with E-state index in [1.165, 1.54) is 11.1 Å². The lowest BCUT2D eigenvalue weighted by Crippen LogP contribution is -2.43. The Balaban J connectivity index is 1.54. The standard InChI is InChI=1S/C21H26N2O2/c1-16-5-2-3-7-18(16)15-25-20-8-4-6-17(13-20)14-21(24)23-19-9-11-22-12-10-19/h2-8,13,19,22H,9-12,14-15H2,1H3,(H,23,24). The molecule has 2 aromatic carbocycles. The van der Waals surface area contributed by atoms with Gasteiger partial charge in [-0.15, -0.1) is 0 Å². The third-order valence-electron chi connectivity index (χ3n) is 4.62. The molecule has 2 N–H and O–H groups in total. The fraction of sp³-hybridized carbons (Fsp3) is 0.381. The summed E-state index contributed by atoms with van der Waals surface area (Å²) in [5.74, 6) is 0.887. The van der Waals surface area contributed by atoms with Gasteiger partial charge in [-0.25, -0.2) is 0 Å². The summed E-state index contributed by atoms with van der Waals surface area (Å²) in [6.07, 6.45) is 2.40. The molecule has 4 heteroatoms. The Morgan fingerprint density at radius 3 is 2.76 bits per heavy atom. The molecule has 0 unspecified atom stereocenters. The van der Waals surface area contributed by atoms with Gasteiger partial charge < -0.3 is 15.4 Å². The van der Waals surface area contributed by atoms with Crippen molar-refractivity contribution in [1.82, 2.24) is 10.6 Å². The van der Waals surface area contributed by atoms with Crippen LogP contribution in [-0.2, 0) is 17.8 Å². The maximum absolute atomic E-state index is 12.2. The fourth-order valence-electron chi connectivity index (χ4n) is 3.11. The van der Waals surface area contributed by atoms with Gasteiger partial charge >= 0.3 is 0 Å². The topological polar surface area (TPSA) is 50.4 Å². The number of hydrogen-bond donors (Lipinski definition) is 2. The van der Waals surface area contributed by atoms with Crippen LogP contribution >= 0.6 is 0 Å². The molecule has 0 radical (unpaired) electrons. The highest BCUT2D eigenvalue weighted by Crippen LogP contribution is 2.17. The first-order valence-electron chi connectivity index (χ1n) is 8.97. The SMILES string of the molecule is Cc1ccccc1COc1cccc(CC(=O)NC2CCNCC2)c1. The van der Waals surface area contributed by atoms with Crippen LogP contribution < -0.4 is 15.4 Å². The lowest BCUT2D eigenvalue weighted by atomic mass is 10.1. The molecule has 0 atom stereocenters. The summed E-state index contributed by atoms with van der Waals surface area (Å²) in [6, 6.07) is 16.3. The highest BCUT2D eigenvalue weighted by Gasteiger charge is 2.15. The number of piperidine rings is 1. The molecule has 1 amide bonds. The largest absolute Gasteiger partial charge is 0.489 e. The number of aryl methyl sites for hydroxylation is 1. The van der Waals surface area contributed by atoms with Crippen LogP contribution in [0, 0.1) is 6.92 Å². The molecule has 1 saturated heterocycles. The zero-order valence-electron chi connectivity index (χ0n) is 14.8. The van der Waals surface area contributed by atoms with Crippen molar-refractivity contribution in [2.45, 2.75) is 38.8 Å². The molecule has 1 aliphatic rings. The van der Waals surface area contributed by atoms with E-state index in [0.29, 0.717) is 19.1 Å². The molecule has 0 spiro atoms. The molecule has 1 fully saturated rings. The van der Waals surface area contributed by atoms with Gasteiger partial charge in [-0.3, -0.25) is 4.79 Å². The molecule has 3 rings (SSSR count). The number of hydrogen-bond acceptors (Lipinski definition) is 3. The van der Waals surface area contributed by atoms with Gasteiger partial charge in [0.15, 0.2) is 0 Å². The molecule has 1 heterocycles. The molecular weight excluding hydrogens is 312 g/mol. The fourth-order valence-corrected chi connectivity index (χ4v) is 3.11. The van der Waals surface area contributed by atoms with E-state index in [-0.39, 0.29) is 5.91 Å². The average molecular weight is 338 g/mol. The summed E-state index contributed by atoms with van der Waals surface area (Å²) in [7, 11) is 0. The number of carbonyl (C=O) groups excluding carboxylic acids is 1. The van der Waals surface area contributed by atoms with Crippen molar-refractivity contribution in [2.75, 3.05) is 13.1 Å². The van der Waals surface area contributed by atoms with Gasteiger partial charge in [0.2, 0.25) is 5.91 Å². The van der Waals surface area contributed by atoms with E-state index in [1.54, 1.807) is 0 Å². The van der Waals surface area contributed by atoms with Crippen molar-refractivity contribution in [3.05, 3.63) is 65.2 Å². The van der Waals surface area contributed by atoms with Crippen molar-refractivity contribution in [3.8, 4) is 5.75 Å². The Kier molecular flexibility index (Phi) is 6.07. The average Bonchev–Trinajstić information content (AvgIpc) is 2.62. The van der Waals surface area contributed by atoms with Gasteiger partial charge in [-0.1, -0.05) is 36.4 Å². The number of amides is 1. The highest BCUT2D eigenvalue weighted by atomic mass is 16.5. The molecule has 0 aromatic heterocycles. The first kappa shape index (κ1) is 17.5. The molecule has 132 valence electrons. The summed E-state index contributed by atoms with van der Waals surface area (Å²) in [6.45, 7) is 4.58. The van der Waals surface area contributed by atoms with Gasteiger partial charge in [-0.2, -0.15) is 0 Å². The van der Waals surface area contributed by atoms with Crippen molar-refractivity contribution < 1.29 is 9.53 Å². The van der Waals surface area contributed by atoms with Gasteiger partial charge in [0.05, 0.1) is 6.42 Å². The van der Waals surface area contributed by atoms with E-state index in [9.17, 15) is 4.79 Å². The van der Waals surface area contributed by atoms with E-state index >= 15 is 0 Å². The van der Waals surface area contributed by atoms with Crippen molar-refractivity contribution in [2.24, 2.45) is 0 Å². The van der Waals surface area contributed by atoms with E-state index in [4.69, 9.17) is 4.74 Å². The third-order valence-corrected chi connectivity index (χ3v) is 4.62. The van der Waals surface area contributed by atoms with Crippen LogP contribution in [0.1, 0.15) is 29.5 Å². The monoisotopic (exact) mass is 338 g/mol. The molecule has 0 bridgehead atoms. The van der Waals surface area contributed by atoms with Gasteiger partial charge in [0.25, 0.3) is 0 Å². The van der Waals surface area contributed by atoms with Crippen LogP contribution in [0.15, 0.2) is 48.5 Å². The molecular formula is C21H26N2O2. The summed E-state index contributed by atoms with van der Waals surface area (Å²) < 4.78 is 5.91. The Morgan fingerprint density at radius 2 is 1.96 bits per heavy atom. The lowest BCUT2D eigenvalue weighted by molar-refractivity contribution is -0.121. The summed E-state index contributed by atoms with van der Waals surface area (Å²) >= 11 is 0. The van der Waals surface area contributed by atoms with Gasteiger partial charge in [0.1, 0.15) is 12.4 Å². The Hall–Kier alpha value is -2.33. The van der Waals surface area contributed by atoms with E-state index in [1.807, 2.05) is 36.4 Å². The third kappa shape index (κ3) is 5.33. The molecule has 2 aromatic rings. The Morgan fingerprint density at radius 1 is 1.16 bits per heavy atom. The number of ether oxygens (including phenoxy) is 1. The van der Waals surface area contributed by atoms with Crippen LogP contribution in [0.2, 0.25) is 0 Å². The van der Waals surface area contributed by atoms with Crippen molar-refractivity contribution >= 4 is 5.91 Å².